The summed E-state index contributed by atoms with van der Waals surface area (Å²) < 4.78 is 12.6. The monoisotopic (exact) mass is 304 g/mol. The molecule has 7 heteroatoms. The Morgan fingerprint density at radius 3 is 2.95 bits per heavy atom. The molecule has 0 radical (unpaired) electrons. The van der Waals surface area contributed by atoms with Gasteiger partial charge in [-0.25, -0.2) is 9.50 Å². The van der Waals surface area contributed by atoms with Crippen molar-refractivity contribution in [2.75, 3.05) is 26.4 Å². The van der Waals surface area contributed by atoms with Crippen molar-refractivity contribution in [3.63, 3.8) is 0 Å². The second kappa shape index (κ2) is 6.02. The summed E-state index contributed by atoms with van der Waals surface area (Å²) in [5.41, 5.74) is 3.59. The number of fused-ring (bicyclic) bond motifs is 1. The van der Waals surface area contributed by atoms with Gasteiger partial charge in [0, 0.05) is 17.9 Å². The molecule has 0 spiro atoms. The van der Waals surface area contributed by atoms with E-state index in [2.05, 4.69) is 15.4 Å². The third-order valence-electron chi connectivity index (χ3n) is 3.67. The lowest BCUT2D eigenvalue weighted by atomic mass is 10.2. The van der Waals surface area contributed by atoms with Crippen LogP contribution < -0.4 is 5.32 Å². The summed E-state index contributed by atoms with van der Waals surface area (Å²) in [7, 11) is 0. The van der Waals surface area contributed by atoms with Crippen molar-refractivity contribution in [2.24, 2.45) is 0 Å². The highest BCUT2D eigenvalue weighted by atomic mass is 16.6. The van der Waals surface area contributed by atoms with E-state index in [1.807, 2.05) is 26.8 Å². The van der Waals surface area contributed by atoms with Crippen LogP contribution in [0.5, 0.6) is 0 Å². The first-order chi connectivity index (χ1) is 10.6. The minimum absolute atomic E-state index is 0.101. The number of amides is 1. The maximum Gasteiger partial charge on any atom is 0.257 e. The fraction of sp³-hybridized carbons (Fsp3) is 0.533. The van der Waals surface area contributed by atoms with Crippen LogP contribution >= 0.6 is 0 Å². The number of aryl methyl sites for hydroxylation is 3. The first-order valence-corrected chi connectivity index (χ1v) is 7.37. The summed E-state index contributed by atoms with van der Waals surface area (Å²) in [6.45, 7) is 7.77. The predicted octanol–water partition coefficient (Wildman–Crippen LogP) is 0.800. The first-order valence-electron chi connectivity index (χ1n) is 7.37. The Kier molecular flexibility index (Phi) is 4.08. The molecule has 0 aromatic carbocycles. The Morgan fingerprint density at radius 1 is 1.41 bits per heavy atom. The summed E-state index contributed by atoms with van der Waals surface area (Å²) in [6.07, 6.45) is -0.101. The van der Waals surface area contributed by atoms with Gasteiger partial charge in [0.1, 0.15) is 5.56 Å². The van der Waals surface area contributed by atoms with Crippen LogP contribution in [0.4, 0.5) is 0 Å². The van der Waals surface area contributed by atoms with Gasteiger partial charge in [-0.3, -0.25) is 4.79 Å². The second-order valence-corrected chi connectivity index (χ2v) is 5.51. The Bertz CT molecular complexity index is 704. The van der Waals surface area contributed by atoms with Crippen molar-refractivity contribution in [2.45, 2.75) is 26.9 Å². The summed E-state index contributed by atoms with van der Waals surface area (Å²) in [5.74, 6) is -0.181. The zero-order valence-electron chi connectivity index (χ0n) is 13.0. The molecule has 2 aromatic rings. The van der Waals surface area contributed by atoms with Crippen molar-refractivity contribution in [3.05, 3.63) is 28.7 Å². The van der Waals surface area contributed by atoms with Gasteiger partial charge in [0.15, 0.2) is 5.65 Å². The largest absolute Gasteiger partial charge is 0.376 e. The van der Waals surface area contributed by atoms with Crippen LogP contribution in [0.3, 0.4) is 0 Å². The highest BCUT2D eigenvalue weighted by Gasteiger charge is 2.21. The molecule has 2 aromatic heterocycles. The zero-order chi connectivity index (χ0) is 15.7. The fourth-order valence-electron chi connectivity index (χ4n) is 2.64. The SMILES string of the molecule is Cc1cc(C)n2nc(C)c(C(=O)NC[C@@H]3COCCO3)c2n1. The van der Waals surface area contributed by atoms with Crippen LogP contribution in [0.1, 0.15) is 27.4 Å². The van der Waals surface area contributed by atoms with Crippen LogP contribution in [-0.2, 0) is 9.47 Å². The van der Waals surface area contributed by atoms with E-state index in [0.717, 1.165) is 11.4 Å². The van der Waals surface area contributed by atoms with Gasteiger partial charge in [0.25, 0.3) is 5.91 Å². The fourth-order valence-corrected chi connectivity index (χ4v) is 2.64. The average molecular weight is 304 g/mol. The highest BCUT2D eigenvalue weighted by molar-refractivity contribution is 6.01. The Labute approximate surface area is 128 Å². The van der Waals surface area contributed by atoms with Crippen LogP contribution in [0.25, 0.3) is 5.65 Å². The van der Waals surface area contributed by atoms with E-state index in [0.29, 0.717) is 43.3 Å². The van der Waals surface area contributed by atoms with E-state index in [1.165, 1.54) is 0 Å². The molecular weight excluding hydrogens is 284 g/mol. The van der Waals surface area contributed by atoms with E-state index < -0.39 is 0 Å². The number of carbonyl (C=O) groups excluding carboxylic acids is 1. The van der Waals surface area contributed by atoms with Crippen LogP contribution in [0, 0.1) is 20.8 Å². The topological polar surface area (TPSA) is 77.8 Å². The normalized spacial score (nSPS) is 18.6. The van der Waals surface area contributed by atoms with Gasteiger partial charge in [0.05, 0.1) is 31.6 Å². The van der Waals surface area contributed by atoms with Gasteiger partial charge >= 0.3 is 0 Å². The highest BCUT2D eigenvalue weighted by Crippen LogP contribution is 2.16. The molecule has 1 aliphatic rings. The number of aromatic nitrogens is 3. The van der Waals surface area contributed by atoms with Gasteiger partial charge < -0.3 is 14.8 Å². The van der Waals surface area contributed by atoms with E-state index in [4.69, 9.17) is 9.47 Å². The molecule has 7 nitrogen and oxygen atoms in total. The average Bonchev–Trinajstić information content (AvgIpc) is 2.82. The zero-order valence-corrected chi connectivity index (χ0v) is 13.0. The minimum Gasteiger partial charge on any atom is -0.376 e. The smallest absolute Gasteiger partial charge is 0.257 e. The third kappa shape index (κ3) is 2.82. The number of ether oxygens (including phenoxy) is 2. The number of hydrogen-bond donors (Lipinski definition) is 1. The number of hydrogen-bond acceptors (Lipinski definition) is 5. The molecule has 1 N–H and O–H groups in total. The molecule has 0 saturated carbocycles. The number of nitrogens with one attached hydrogen (secondary N) is 1. The molecular formula is C15H20N4O3. The Balaban J connectivity index is 1.82. The first kappa shape index (κ1) is 14.9. The van der Waals surface area contributed by atoms with Crippen molar-refractivity contribution < 1.29 is 14.3 Å². The second-order valence-electron chi connectivity index (χ2n) is 5.51. The van der Waals surface area contributed by atoms with Crippen LogP contribution in [0.15, 0.2) is 6.07 Å². The summed E-state index contributed by atoms with van der Waals surface area (Å²) in [4.78, 5) is 17.0. The van der Waals surface area contributed by atoms with Crippen molar-refractivity contribution in [1.82, 2.24) is 19.9 Å². The van der Waals surface area contributed by atoms with Gasteiger partial charge in [-0.15, -0.1) is 0 Å². The van der Waals surface area contributed by atoms with Crippen LogP contribution in [0.2, 0.25) is 0 Å². The van der Waals surface area contributed by atoms with Crippen molar-refractivity contribution in [3.8, 4) is 0 Å². The standard InChI is InChI=1S/C15H20N4O3/c1-9-6-10(2)19-14(17-9)13(11(3)18-19)15(20)16-7-12-8-21-4-5-22-12/h6,12H,4-5,7-8H2,1-3H3,(H,16,20)/t12-/m1/s1. The lowest BCUT2D eigenvalue weighted by molar-refractivity contribution is -0.0855. The quantitative estimate of drug-likeness (QED) is 0.907. The Hall–Kier alpha value is -1.99. The molecule has 1 saturated heterocycles. The number of rotatable bonds is 3. The molecule has 0 aliphatic carbocycles. The van der Waals surface area contributed by atoms with Crippen molar-refractivity contribution >= 4 is 11.6 Å². The lowest BCUT2D eigenvalue weighted by Crippen LogP contribution is -2.39. The van der Waals surface area contributed by atoms with E-state index in [9.17, 15) is 4.79 Å². The van der Waals surface area contributed by atoms with Gasteiger partial charge in [-0.05, 0) is 26.8 Å². The van der Waals surface area contributed by atoms with E-state index >= 15 is 0 Å². The van der Waals surface area contributed by atoms with Gasteiger partial charge in [-0.2, -0.15) is 5.10 Å². The van der Waals surface area contributed by atoms with E-state index in [1.54, 1.807) is 4.52 Å². The molecule has 22 heavy (non-hydrogen) atoms. The molecule has 0 unspecified atom stereocenters. The number of carbonyl (C=O) groups is 1. The van der Waals surface area contributed by atoms with Gasteiger partial charge in [0.2, 0.25) is 0 Å². The minimum atomic E-state index is -0.181. The molecule has 3 rings (SSSR count). The molecule has 1 aliphatic heterocycles. The maximum absolute atomic E-state index is 12.5. The van der Waals surface area contributed by atoms with Crippen molar-refractivity contribution in [1.29, 1.82) is 0 Å². The molecule has 1 amide bonds. The molecule has 118 valence electrons. The Morgan fingerprint density at radius 2 is 2.23 bits per heavy atom. The summed E-state index contributed by atoms with van der Waals surface area (Å²) in [6, 6.07) is 1.94. The maximum atomic E-state index is 12.5. The number of nitrogens with zero attached hydrogens (tertiary/aromatic N) is 3. The molecule has 3 heterocycles. The summed E-state index contributed by atoms with van der Waals surface area (Å²) >= 11 is 0. The lowest BCUT2D eigenvalue weighted by Gasteiger charge is -2.23. The van der Waals surface area contributed by atoms with E-state index in [-0.39, 0.29) is 12.0 Å². The third-order valence-corrected chi connectivity index (χ3v) is 3.67. The molecule has 0 bridgehead atoms. The molecule has 1 fully saturated rings. The predicted molar refractivity (Wildman–Crippen MR) is 80.1 cm³/mol. The summed E-state index contributed by atoms with van der Waals surface area (Å²) in [5, 5.41) is 7.30. The van der Waals surface area contributed by atoms with Gasteiger partial charge in [-0.1, -0.05) is 0 Å². The molecule has 1 atom stereocenters. The van der Waals surface area contributed by atoms with Crippen LogP contribution in [-0.4, -0.2) is 53.0 Å².